The maximum atomic E-state index is 11.3. The van der Waals surface area contributed by atoms with E-state index in [1.54, 1.807) is 6.07 Å². The molecule has 5 nitrogen and oxygen atoms in total. The van der Waals surface area contributed by atoms with Gasteiger partial charge in [0, 0.05) is 37.6 Å². The van der Waals surface area contributed by atoms with Crippen LogP contribution in [0, 0.1) is 0 Å². The van der Waals surface area contributed by atoms with E-state index >= 15 is 0 Å². The maximum Gasteiger partial charge on any atom is 0.229 e. The lowest BCUT2D eigenvalue weighted by Crippen LogP contribution is -2.29. The van der Waals surface area contributed by atoms with Gasteiger partial charge in [0.2, 0.25) is 10.0 Å². The predicted molar refractivity (Wildman–Crippen MR) is 108 cm³/mol. The lowest BCUT2D eigenvalue weighted by Gasteiger charge is -2.28. The molecule has 1 aliphatic heterocycles. The highest BCUT2D eigenvalue weighted by molar-refractivity contribution is 7.92. The van der Waals surface area contributed by atoms with Crippen LogP contribution in [0.4, 0.5) is 11.4 Å². The van der Waals surface area contributed by atoms with Gasteiger partial charge in [0.05, 0.1) is 6.26 Å². The summed E-state index contributed by atoms with van der Waals surface area (Å²) in [5, 5.41) is 3.42. The van der Waals surface area contributed by atoms with Crippen molar-refractivity contribution in [2.24, 2.45) is 0 Å². The molecular weight excluding hydrogens is 346 g/mol. The Hall–Kier alpha value is -2.05. The number of hydrogen-bond donors (Lipinski definition) is 2. The highest BCUT2D eigenvalue weighted by Crippen LogP contribution is 2.20. The van der Waals surface area contributed by atoms with E-state index in [0.717, 1.165) is 31.5 Å². The average molecular weight is 374 g/mol. The minimum absolute atomic E-state index is 0.595. The molecule has 1 saturated heterocycles. The van der Waals surface area contributed by atoms with Gasteiger partial charge in [0.15, 0.2) is 0 Å². The van der Waals surface area contributed by atoms with Crippen LogP contribution >= 0.6 is 0 Å². The zero-order valence-corrected chi connectivity index (χ0v) is 16.1. The number of benzene rings is 2. The van der Waals surface area contributed by atoms with Gasteiger partial charge in [-0.1, -0.05) is 24.3 Å². The Morgan fingerprint density at radius 3 is 2.31 bits per heavy atom. The Labute approximate surface area is 156 Å². The van der Waals surface area contributed by atoms with Crippen LogP contribution in [0.25, 0.3) is 0 Å². The molecule has 0 unspecified atom stereocenters. The van der Waals surface area contributed by atoms with E-state index in [4.69, 9.17) is 0 Å². The molecule has 2 aromatic rings. The topological polar surface area (TPSA) is 61.4 Å². The largest absolute Gasteiger partial charge is 0.372 e. The number of piperidine rings is 1. The van der Waals surface area contributed by atoms with Gasteiger partial charge in [-0.15, -0.1) is 0 Å². The van der Waals surface area contributed by atoms with Crippen LogP contribution in [0.3, 0.4) is 0 Å². The quantitative estimate of drug-likeness (QED) is 0.781. The van der Waals surface area contributed by atoms with Crippen LogP contribution in [-0.4, -0.2) is 27.8 Å². The summed E-state index contributed by atoms with van der Waals surface area (Å²) in [5.74, 6) is 0. The summed E-state index contributed by atoms with van der Waals surface area (Å²) < 4.78 is 25.2. The van der Waals surface area contributed by atoms with Gasteiger partial charge in [-0.3, -0.25) is 4.72 Å². The number of nitrogens with one attached hydrogen (secondary N) is 2. The van der Waals surface area contributed by atoms with E-state index in [1.165, 1.54) is 30.5 Å². The first-order valence-corrected chi connectivity index (χ1v) is 11.0. The molecule has 0 amide bonds. The van der Waals surface area contributed by atoms with Gasteiger partial charge in [0.25, 0.3) is 0 Å². The van der Waals surface area contributed by atoms with E-state index in [1.807, 2.05) is 18.2 Å². The number of anilines is 2. The Balaban J connectivity index is 1.51. The molecule has 6 heteroatoms. The normalized spacial score (nSPS) is 15.0. The molecular formula is C20H27N3O2S. The standard InChI is InChI=1S/C20H27N3O2S/c1-26(24,25)22-19-7-5-6-18(14-19)16-21-15-17-8-10-20(11-9-17)23-12-3-2-4-13-23/h5-11,14,21-22H,2-4,12-13,15-16H2,1H3. The second-order valence-electron chi connectivity index (χ2n) is 6.89. The maximum absolute atomic E-state index is 11.3. The highest BCUT2D eigenvalue weighted by Gasteiger charge is 2.10. The van der Waals surface area contributed by atoms with Crippen molar-refractivity contribution in [2.75, 3.05) is 29.0 Å². The molecule has 0 bridgehead atoms. The molecule has 0 radical (unpaired) electrons. The number of hydrogen-bond acceptors (Lipinski definition) is 4. The molecule has 1 heterocycles. The number of rotatable bonds is 7. The third-order valence-electron chi connectivity index (χ3n) is 4.55. The van der Waals surface area contributed by atoms with Crippen LogP contribution in [0.2, 0.25) is 0 Å². The molecule has 0 saturated carbocycles. The molecule has 3 rings (SSSR count). The van der Waals surface area contributed by atoms with Crippen molar-refractivity contribution < 1.29 is 8.42 Å². The van der Waals surface area contributed by atoms with Crippen molar-refractivity contribution in [1.29, 1.82) is 0 Å². The van der Waals surface area contributed by atoms with E-state index < -0.39 is 10.0 Å². The molecule has 140 valence electrons. The van der Waals surface area contributed by atoms with Gasteiger partial charge in [0.1, 0.15) is 0 Å². The van der Waals surface area contributed by atoms with Crippen molar-refractivity contribution in [3.05, 3.63) is 59.7 Å². The summed E-state index contributed by atoms with van der Waals surface area (Å²) in [7, 11) is -3.25. The summed E-state index contributed by atoms with van der Waals surface area (Å²) in [6.45, 7) is 3.79. The fourth-order valence-corrected chi connectivity index (χ4v) is 3.84. The zero-order chi connectivity index (χ0) is 18.4. The van der Waals surface area contributed by atoms with E-state index in [-0.39, 0.29) is 0 Å². The van der Waals surface area contributed by atoms with E-state index in [2.05, 4.69) is 39.2 Å². The fraction of sp³-hybridized carbons (Fsp3) is 0.400. The van der Waals surface area contributed by atoms with E-state index in [9.17, 15) is 8.42 Å². The van der Waals surface area contributed by atoms with Gasteiger partial charge in [-0.05, 0) is 54.7 Å². The molecule has 2 N–H and O–H groups in total. The monoisotopic (exact) mass is 373 g/mol. The first kappa shape index (κ1) is 18.7. The first-order valence-electron chi connectivity index (χ1n) is 9.11. The lowest BCUT2D eigenvalue weighted by molar-refractivity contribution is 0.578. The summed E-state index contributed by atoms with van der Waals surface area (Å²) in [6.07, 6.45) is 5.08. The van der Waals surface area contributed by atoms with Crippen molar-refractivity contribution >= 4 is 21.4 Å². The second kappa shape index (κ2) is 8.56. The third kappa shape index (κ3) is 5.75. The van der Waals surface area contributed by atoms with E-state index in [0.29, 0.717) is 12.2 Å². The van der Waals surface area contributed by atoms with Crippen molar-refractivity contribution in [3.8, 4) is 0 Å². The molecule has 26 heavy (non-hydrogen) atoms. The number of sulfonamides is 1. The summed E-state index contributed by atoms with van der Waals surface area (Å²) in [5.41, 5.74) is 4.20. The van der Waals surface area contributed by atoms with Crippen LogP contribution in [0.5, 0.6) is 0 Å². The molecule has 2 aromatic carbocycles. The summed E-state index contributed by atoms with van der Waals surface area (Å²) in [6, 6.07) is 16.2. The Bertz CT molecular complexity index is 813. The molecule has 0 spiro atoms. The van der Waals surface area contributed by atoms with Crippen LogP contribution in [0.15, 0.2) is 48.5 Å². The van der Waals surface area contributed by atoms with Crippen LogP contribution in [0.1, 0.15) is 30.4 Å². The fourth-order valence-electron chi connectivity index (χ4n) is 3.29. The SMILES string of the molecule is CS(=O)(=O)Nc1cccc(CNCc2ccc(N3CCCCC3)cc2)c1. The van der Waals surface area contributed by atoms with Crippen molar-refractivity contribution in [3.63, 3.8) is 0 Å². The molecule has 0 aromatic heterocycles. The van der Waals surface area contributed by atoms with Gasteiger partial charge in [-0.25, -0.2) is 8.42 Å². The molecule has 0 atom stereocenters. The van der Waals surface area contributed by atoms with Crippen LogP contribution < -0.4 is 14.9 Å². The summed E-state index contributed by atoms with van der Waals surface area (Å²) in [4.78, 5) is 2.46. The molecule has 1 fully saturated rings. The van der Waals surface area contributed by atoms with Gasteiger partial charge in [-0.2, -0.15) is 0 Å². The predicted octanol–water partition coefficient (Wildman–Crippen LogP) is 3.34. The second-order valence-corrected chi connectivity index (χ2v) is 8.64. The first-order chi connectivity index (χ1) is 12.5. The highest BCUT2D eigenvalue weighted by atomic mass is 32.2. The third-order valence-corrected chi connectivity index (χ3v) is 5.15. The average Bonchev–Trinajstić information content (AvgIpc) is 2.62. The molecule has 1 aliphatic rings. The lowest BCUT2D eigenvalue weighted by atomic mass is 10.1. The van der Waals surface area contributed by atoms with Gasteiger partial charge >= 0.3 is 0 Å². The Morgan fingerprint density at radius 1 is 0.923 bits per heavy atom. The number of nitrogens with zero attached hydrogens (tertiary/aromatic N) is 1. The smallest absolute Gasteiger partial charge is 0.229 e. The van der Waals surface area contributed by atoms with Crippen LogP contribution in [-0.2, 0) is 23.1 Å². The minimum Gasteiger partial charge on any atom is -0.372 e. The zero-order valence-electron chi connectivity index (χ0n) is 15.2. The Morgan fingerprint density at radius 2 is 1.62 bits per heavy atom. The minimum atomic E-state index is -3.25. The molecule has 0 aliphatic carbocycles. The summed E-state index contributed by atoms with van der Waals surface area (Å²) >= 11 is 0. The van der Waals surface area contributed by atoms with Crippen molar-refractivity contribution in [1.82, 2.24) is 5.32 Å². The van der Waals surface area contributed by atoms with Gasteiger partial charge < -0.3 is 10.2 Å². The van der Waals surface area contributed by atoms with Crippen molar-refractivity contribution in [2.45, 2.75) is 32.4 Å². The Kier molecular flexibility index (Phi) is 6.16.